The molecule has 26 heavy (non-hydrogen) atoms. The number of hydrogen-bond acceptors (Lipinski definition) is 4. The maximum atomic E-state index is 12.4. The Morgan fingerprint density at radius 3 is 2.69 bits per heavy atom. The fraction of sp³-hybridized carbons (Fsp3) is 0.176. The van der Waals surface area contributed by atoms with E-state index in [9.17, 15) is 19.5 Å². The second-order valence-corrected chi connectivity index (χ2v) is 5.80. The Balaban J connectivity index is 1.84. The van der Waals surface area contributed by atoms with E-state index < -0.39 is 23.9 Å². The van der Waals surface area contributed by atoms with Gasteiger partial charge in [-0.1, -0.05) is 18.2 Å². The van der Waals surface area contributed by atoms with E-state index >= 15 is 0 Å². The van der Waals surface area contributed by atoms with Crippen molar-refractivity contribution in [3.05, 3.63) is 53.5 Å². The van der Waals surface area contributed by atoms with Crippen molar-refractivity contribution in [3.8, 4) is 0 Å². The summed E-state index contributed by atoms with van der Waals surface area (Å²) >= 11 is 0. The number of fused-ring (bicyclic) bond motifs is 1. The third-order valence-corrected chi connectivity index (χ3v) is 3.98. The molecule has 1 amide bonds. The second kappa shape index (κ2) is 6.71. The average molecular weight is 356 g/mol. The fourth-order valence-corrected chi connectivity index (χ4v) is 2.76. The molecule has 0 aliphatic heterocycles. The monoisotopic (exact) mass is 356 g/mol. The maximum Gasteiger partial charge on any atom is 0.339 e. The SMILES string of the molecule is Cn1cc(C(=O)O)c(C(=O)NC(Cc2c[nH]c3ccccc23)C(=O)O)n1. The summed E-state index contributed by atoms with van der Waals surface area (Å²) in [6.07, 6.45) is 2.92. The largest absolute Gasteiger partial charge is 0.480 e. The Morgan fingerprint density at radius 2 is 2.00 bits per heavy atom. The van der Waals surface area contributed by atoms with Crippen molar-refractivity contribution in [2.75, 3.05) is 0 Å². The molecular formula is C17H16N4O5. The molecule has 9 heteroatoms. The smallest absolute Gasteiger partial charge is 0.339 e. The van der Waals surface area contributed by atoms with Crippen LogP contribution in [-0.4, -0.2) is 48.9 Å². The molecule has 0 fully saturated rings. The minimum Gasteiger partial charge on any atom is -0.480 e. The number of aryl methyl sites for hydroxylation is 1. The van der Waals surface area contributed by atoms with Crippen LogP contribution in [0.25, 0.3) is 10.9 Å². The van der Waals surface area contributed by atoms with Crippen LogP contribution in [0.5, 0.6) is 0 Å². The van der Waals surface area contributed by atoms with Gasteiger partial charge in [-0.15, -0.1) is 0 Å². The van der Waals surface area contributed by atoms with E-state index in [-0.39, 0.29) is 17.7 Å². The summed E-state index contributed by atoms with van der Waals surface area (Å²) < 4.78 is 1.19. The molecule has 0 aliphatic carbocycles. The van der Waals surface area contributed by atoms with E-state index in [1.807, 2.05) is 24.3 Å². The molecule has 2 heterocycles. The van der Waals surface area contributed by atoms with Crippen LogP contribution in [0, 0.1) is 0 Å². The molecule has 3 rings (SSSR count). The molecule has 3 aromatic rings. The Bertz CT molecular complexity index is 1000. The molecule has 1 aromatic carbocycles. The average Bonchev–Trinajstić information content (AvgIpc) is 3.18. The number of amides is 1. The van der Waals surface area contributed by atoms with Gasteiger partial charge in [0.05, 0.1) is 0 Å². The van der Waals surface area contributed by atoms with Crippen LogP contribution < -0.4 is 5.32 Å². The molecule has 1 unspecified atom stereocenters. The molecule has 0 spiro atoms. The van der Waals surface area contributed by atoms with Crippen molar-refractivity contribution in [2.45, 2.75) is 12.5 Å². The highest BCUT2D eigenvalue weighted by Crippen LogP contribution is 2.19. The topological polar surface area (TPSA) is 137 Å². The molecule has 2 aromatic heterocycles. The number of aromatic nitrogens is 3. The summed E-state index contributed by atoms with van der Waals surface area (Å²) in [6.45, 7) is 0. The lowest BCUT2D eigenvalue weighted by molar-refractivity contribution is -0.139. The van der Waals surface area contributed by atoms with Gasteiger partial charge in [-0.25, -0.2) is 9.59 Å². The van der Waals surface area contributed by atoms with Crippen molar-refractivity contribution in [1.82, 2.24) is 20.1 Å². The predicted molar refractivity (Wildman–Crippen MR) is 91.1 cm³/mol. The molecule has 0 aliphatic rings. The van der Waals surface area contributed by atoms with Crippen molar-refractivity contribution >= 4 is 28.7 Å². The normalized spacial score (nSPS) is 12.0. The lowest BCUT2D eigenvalue weighted by atomic mass is 10.0. The molecule has 0 bridgehead atoms. The number of benzene rings is 1. The Labute approximate surface area is 147 Å². The van der Waals surface area contributed by atoms with Gasteiger partial charge in [0.25, 0.3) is 5.91 Å². The zero-order chi connectivity index (χ0) is 18.8. The van der Waals surface area contributed by atoms with E-state index in [4.69, 9.17) is 5.11 Å². The number of aliphatic carboxylic acids is 1. The van der Waals surface area contributed by atoms with Gasteiger partial charge in [0.15, 0.2) is 5.69 Å². The van der Waals surface area contributed by atoms with Crippen LogP contribution in [0.3, 0.4) is 0 Å². The molecule has 4 N–H and O–H groups in total. The Morgan fingerprint density at radius 1 is 1.27 bits per heavy atom. The first kappa shape index (κ1) is 17.2. The van der Waals surface area contributed by atoms with Gasteiger partial charge in [0, 0.05) is 36.8 Å². The van der Waals surface area contributed by atoms with Crippen LogP contribution in [0.1, 0.15) is 26.4 Å². The first-order valence-corrected chi connectivity index (χ1v) is 7.72. The van der Waals surface area contributed by atoms with E-state index in [2.05, 4.69) is 15.4 Å². The molecular weight excluding hydrogens is 340 g/mol. The van der Waals surface area contributed by atoms with Crippen molar-refractivity contribution < 1.29 is 24.6 Å². The number of carboxylic acid groups (broad SMARTS) is 2. The molecule has 0 radical (unpaired) electrons. The van der Waals surface area contributed by atoms with Gasteiger partial charge in [0.1, 0.15) is 11.6 Å². The van der Waals surface area contributed by atoms with Gasteiger partial charge in [-0.05, 0) is 11.6 Å². The number of carbonyl (C=O) groups is 3. The van der Waals surface area contributed by atoms with Crippen LogP contribution in [0.15, 0.2) is 36.7 Å². The van der Waals surface area contributed by atoms with Gasteiger partial charge in [0.2, 0.25) is 0 Å². The van der Waals surface area contributed by atoms with Crippen molar-refractivity contribution in [3.63, 3.8) is 0 Å². The zero-order valence-corrected chi connectivity index (χ0v) is 13.8. The predicted octanol–water partition coefficient (Wildman–Crippen LogP) is 1.03. The lowest BCUT2D eigenvalue weighted by Crippen LogP contribution is -2.42. The number of aromatic carboxylic acids is 1. The van der Waals surface area contributed by atoms with E-state index in [0.29, 0.717) is 0 Å². The van der Waals surface area contributed by atoms with Crippen LogP contribution in [0.4, 0.5) is 0 Å². The van der Waals surface area contributed by atoms with Crippen LogP contribution in [-0.2, 0) is 18.3 Å². The second-order valence-electron chi connectivity index (χ2n) is 5.80. The highest BCUT2D eigenvalue weighted by Gasteiger charge is 2.27. The summed E-state index contributed by atoms with van der Waals surface area (Å²) in [7, 11) is 1.48. The Hall–Kier alpha value is -3.62. The first-order valence-electron chi connectivity index (χ1n) is 7.72. The summed E-state index contributed by atoms with van der Waals surface area (Å²) in [5, 5.41) is 25.6. The zero-order valence-electron chi connectivity index (χ0n) is 13.8. The minimum absolute atomic E-state index is 0.0420. The molecule has 9 nitrogen and oxygen atoms in total. The van der Waals surface area contributed by atoms with Crippen LogP contribution >= 0.6 is 0 Å². The standard InChI is InChI=1S/C17H16N4O5/c1-21-8-11(16(23)24)14(20-21)15(22)19-13(17(25)26)6-9-7-18-12-5-3-2-4-10(9)12/h2-5,7-8,13,18H,6H2,1H3,(H,19,22)(H,23,24)(H,25,26). The van der Waals surface area contributed by atoms with E-state index in [1.54, 1.807) is 6.20 Å². The molecule has 0 saturated carbocycles. The number of aromatic amines is 1. The summed E-state index contributed by atoms with van der Waals surface area (Å²) in [5.74, 6) is -3.39. The van der Waals surface area contributed by atoms with Gasteiger partial charge >= 0.3 is 11.9 Å². The number of H-pyrrole nitrogens is 1. The van der Waals surface area contributed by atoms with Crippen LogP contribution in [0.2, 0.25) is 0 Å². The Kier molecular flexibility index (Phi) is 4.44. The number of nitrogens with one attached hydrogen (secondary N) is 2. The number of para-hydroxylation sites is 1. The lowest BCUT2D eigenvalue weighted by Gasteiger charge is -2.13. The van der Waals surface area contributed by atoms with Gasteiger partial charge in [-0.2, -0.15) is 5.10 Å². The fourth-order valence-electron chi connectivity index (χ4n) is 2.76. The van der Waals surface area contributed by atoms with Crippen molar-refractivity contribution in [1.29, 1.82) is 0 Å². The first-order chi connectivity index (χ1) is 12.4. The van der Waals surface area contributed by atoms with Gasteiger partial charge < -0.3 is 20.5 Å². The van der Waals surface area contributed by atoms with Crippen molar-refractivity contribution in [2.24, 2.45) is 7.05 Å². The van der Waals surface area contributed by atoms with E-state index in [0.717, 1.165) is 16.5 Å². The number of hydrogen-bond donors (Lipinski definition) is 4. The molecule has 134 valence electrons. The van der Waals surface area contributed by atoms with E-state index in [1.165, 1.54) is 17.9 Å². The molecule has 1 atom stereocenters. The molecule has 0 saturated heterocycles. The van der Waals surface area contributed by atoms with Gasteiger partial charge in [-0.3, -0.25) is 9.48 Å². The number of carboxylic acids is 2. The summed E-state index contributed by atoms with van der Waals surface area (Å²) in [6, 6.07) is 6.17. The maximum absolute atomic E-state index is 12.4. The quantitative estimate of drug-likeness (QED) is 0.520. The minimum atomic E-state index is -1.31. The highest BCUT2D eigenvalue weighted by atomic mass is 16.4. The third kappa shape index (κ3) is 3.27. The highest BCUT2D eigenvalue weighted by molar-refractivity contribution is 6.04. The number of carbonyl (C=O) groups excluding carboxylic acids is 1. The summed E-state index contributed by atoms with van der Waals surface area (Å²) in [4.78, 5) is 38.2. The third-order valence-electron chi connectivity index (χ3n) is 3.98. The summed E-state index contributed by atoms with van der Waals surface area (Å²) in [5.41, 5.74) is 0.968. The number of nitrogens with zero attached hydrogens (tertiary/aromatic N) is 2. The number of rotatable bonds is 6.